The van der Waals surface area contributed by atoms with Crippen molar-refractivity contribution in [2.75, 3.05) is 4.90 Å². The molecule has 1 aliphatic rings. The highest BCUT2D eigenvalue weighted by atomic mass is 16.5. The molecule has 254 valence electrons. The molecule has 0 amide bonds. The number of anilines is 3. The van der Waals surface area contributed by atoms with E-state index in [0.717, 1.165) is 56.4 Å². The van der Waals surface area contributed by atoms with Crippen LogP contribution >= 0.6 is 0 Å². The van der Waals surface area contributed by atoms with Gasteiger partial charge in [-0.05, 0) is 98.2 Å². The molecule has 1 heterocycles. The van der Waals surface area contributed by atoms with E-state index >= 15 is 0 Å². The number of hydrogen-bond donors (Lipinski definition) is 0. The Labute approximate surface area is 315 Å². The van der Waals surface area contributed by atoms with Gasteiger partial charge in [0, 0.05) is 33.8 Å². The Morgan fingerprint density at radius 3 is 1.54 bits per heavy atom. The number of benzene rings is 9. The maximum atomic E-state index is 6.74. The maximum Gasteiger partial charge on any atom is 0.135 e. The van der Waals surface area contributed by atoms with Gasteiger partial charge in [-0.1, -0.05) is 164 Å². The molecular weight excluding hydrogens is 655 g/mol. The van der Waals surface area contributed by atoms with Gasteiger partial charge in [-0.25, -0.2) is 0 Å². The summed E-state index contributed by atoms with van der Waals surface area (Å²) in [6.07, 6.45) is 0. The number of hydrogen-bond acceptors (Lipinski definition) is 2. The van der Waals surface area contributed by atoms with Gasteiger partial charge < -0.3 is 9.64 Å². The van der Waals surface area contributed by atoms with Gasteiger partial charge in [-0.3, -0.25) is 0 Å². The summed E-state index contributed by atoms with van der Waals surface area (Å²) in [7, 11) is 0. The quantitative estimate of drug-likeness (QED) is 0.172. The van der Waals surface area contributed by atoms with Crippen LogP contribution in [0.2, 0.25) is 0 Å². The minimum Gasteiger partial charge on any atom is -0.456 e. The molecule has 0 fully saturated rings. The van der Waals surface area contributed by atoms with Crippen molar-refractivity contribution >= 4 is 27.8 Å². The Bertz CT molecular complexity index is 2690. The Hall–Kier alpha value is -7.16. The zero-order chi connectivity index (χ0) is 35.8. The molecule has 0 bridgehead atoms. The molecule has 9 aromatic rings. The zero-order valence-electron chi connectivity index (χ0n) is 29.6. The van der Waals surface area contributed by atoms with E-state index in [9.17, 15) is 0 Å². The first kappa shape index (κ1) is 31.6. The van der Waals surface area contributed by atoms with Crippen LogP contribution in [0, 0.1) is 0 Å². The van der Waals surface area contributed by atoms with E-state index in [-0.39, 0.29) is 0 Å². The molecule has 2 nitrogen and oxygen atoms in total. The van der Waals surface area contributed by atoms with Gasteiger partial charge in [0.25, 0.3) is 0 Å². The Kier molecular flexibility index (Phi) is 7.85. The predicted octanol–water partition coefficient (Wildman–Crippen LogP) is 14.8. The molecule has 0 saturated carbocycles. The molecule has 0 aromatic heterocycles. The van der Waals surface area contributed by atoms with Crippen LogP contribution in [0.5, 0.6) is 11.5 Å². The summed E-state index contributed by atoms with van der Waals surface area (Å²) in [6, 6.07) is 75.8. The summed E-state index contributed by atoms with van der Waals surface area (Å²) in [5.41, 5.74) is 14.9. The van der Waals surface area contributed by atoms with Crippen molar-refractivity contribution in [2.24, 2.45) is 0 Å². The Morgan fingerprint density at radius 1 is 0.296 bits per heavy atom. The van der Waals surface area contributed by atoms with Gasteiger partial charge in [0.1, 0.15) is 11.5 Å². The third-order valence-electron chi connectivity index (χ3n) is 10.5. The van der Waals surface area contributed by atoms with Crippen molar-refractivity contribution in [2.45, 2.75) is 0 Å². The van der Waals surface area contributed by atoms with Crippen LogP contribution in [-0.4, -0.2) is 0 Å². The van der Waals surface area contributed by atoms with Gasteiger partial charge in [-0.2, -0.15) is 0 Å². The third kappa shape index (κ3) is 5.62. The van der Waals surface area contributed by atoms with Crippen molar-refractivity contribution in [3.8, 4) is 67.1 Å². The van der Waals surface area contributed by atoms with Gasteiger partial charge in [-0.15, -0.1) is 0 Å². The fourth-order valence-corrected chi connectivity index (χ4v) is 7.90. The second-order valence-corrected chi connectivity index (χ2v) is 13.7. The van der Waals surface area contributed by atoms with Crippen LogP contribution in [0.15, 0.2) is 212 Å². The average Bonchev–Trinajstić information content (AvgIpc) is 3.40. The Balaban J connectivity index is 1.15. The van der Waals surface area contributed by atoms with Crippen molar-refractivity contribution in [1.29, 1.82) is 0 Å². The minimum absolute atomic E-state index is 0.863. The van der Waals surface area contributed by atoms with Crippen LogP contribution in [0.3, 0.4) is 0 Å². The van der Waals surface area contributed by atoms with Crippen molar-refractivity contribution < 1.29 is 4.74 Å². The Morgan fingerprint density at radius 2 is 0.833 bits per heavy atom. The molecule has 0 aliphatic carbocycles. The van der Waals surface area contributed by atoms with E-state index in [1.807, 2.05) is 6.07 Å². The van der Waals surface area contributed by atoms with Crippen molar-refractivity contribution in [1.82, 2.24) is 0 Å². The molecule has 2 heteroatoms. The second-order valence-electron chi connectivity index (χ2n) is 13.7. The van der Waals surface area contributed by atoms with Gasteiger partial charge in [0.2, 0.25) is 0 Å². The first-order chi connectivity index (χ1) is 26.8. The van der Waals surface area contributed by atoms with Crippen molar-refractivity contribution in [3.05, 3.63) is 212 Å². The lowest BCUT2D eigenvalue weighted by molar-refractivity contribution is 0.488. The highest BCUT2D eigenvalue weighted by molar-refractivity contribution is 6.09. The zero-order valence-corrected chi connectivity index (χ0v) is 29.6. The standard InChI is InChI=1S/C52H35NO/c1-3-13-36(14-4-1)38-25-30-42(31-26-38)53(43-32-27-39(28-33-43)37-15-5-2-6-16-37)44-19-11-18-41(35-44)46-22-12-23-48-47-21-9-10-24-49(47)54-50-34-29-40-17-7-8-20-45(40)52(50)51(46)48/h1-35H. The summed E-state index contributed by atoms with van der Waals surface area (Å²) in [4.78, 5) is 2.36. The summed E-state index contributed by atoms with van der Waals surface area (Å²) < 4.78 is 6.74. The first-order valence-electron chi connectivity index (χ1n) is 18.4. The first-order valence-corrected chi connectivity index (χ1v) is 18.4. The maximum absolute atomic E-state index is 6.74. The largest absolute Gasteiger partial charge is 0.456 e. The number of rotatable bonds is 6. The average molecular weight is 690 g/mol. The molecule has 10 rings (SSSR count). The number of ether oxygens (including phenoxy) is 1. The molecular formula is C52H35NO. The van der Waals surface area contributed by atoms with Crippen molar-refractivity contribution in [3.63, 3.8) is 0 Å². The second kappa shape index (κ2) is 13.4. The summed E-state index contributed by atoms with van der Waals surface area (Å²) >= 11 is 0. The van der Waals surface area contributed by atoms with Crippen LogP contribution in [0.4, 0.5) is 17.1 Å². The topological polar surface area (TPSA) is 12.5 Å². The molecule has 0 N–H and O–H groups in total. The fraction of sp³-hybridized carbons (Fsp3) is 0. The van der Waals surface area contributed by atoms with Crippen LogP contribution in [-0.2, 0) is 0 Å². The van der Waals surface area contributed by atoms with Gasteiger partial charge >= 0.3 is 0 Å². The molecule has 0 saturated heterocycles. The van der Waals surface area contributed by atoms with Gasteiger partial charge in [0.15, 0.2) is 0 Å². The summed E-state index contributed by atoms with van der Waals surface area (Å²) in [5, 5.41) is 2.36. The predicted molar refractivity (Wildman–Crippen MR) is 226 cm³/mol. The summed E-state index contributed by atoms with van der Waals surface area (Å²) in [6.45, 7) is 0. The lowest BCUT2D eigenvalue weighted by atomic mass is 9.85. The van der Waals surface area contributed by atoms with Crippen LogP contribution < -0.4 is 9.64 Å². The van der Waals surface area contributed by atoms with Crippen LogP contribution in [0.1, 0.15) is 0 Å². The van der Waals surface area contributed by atoms with E-state index in [2.05, 4.69) is 211 Å². The number of para-hydroxylation sites is 1. The third-order valence-corrected chi connectivity index (χ3v) is 10.5. The van der Waals surface area contributed by atoms with E-state index in [1.165, 1.54) is 38.6 Å². The molecule has 0 atom stereocenters. The SMILES string of the molecule is c1ccc(-c2ccc(N(c3ccc(-c4ccccc4)cc3)c3cccc(-c4cccc5c4-c4c(ccc6ccccc46)Oc4ccccc4-5)c3)cc2)cc1. The lowest BCUT2D eigenvalue weighted by Gasteiger charge is -2.27. The van der Waals surface area contributed by atoms with E-state index < -0.39 is 0 Å². The van der Waals surface area contributed by atoms with Crippen LogP contribution in [0.25, 0.3) is 66.4 Å². The molecule has 0 spiro atoms. The molecule has 0 radical (unpaired) electrons. The van der Waals surface area contributed by atoms with E-state index in [0.29, 0.717) is 0 Å². The monoisotopic (exact) mass is 689 g/mol. The smallest absolute Gasteiger partial charge is 0.135 e. The molecule has 1 aliphatic heterocycles. The summed E-state index contributed by atoms with van der Waals surface area (Å²) in [5.74, 6) is 1.73. The molecule has 0 unspecified atom stereocenters. The number of fused-ring (bicyclic) bond motifs is 7. The minimum atomic E-state index is 0.863. The normalized spacial score (nSPS) is 11.5. The van der Waals surface area contributed by atoms with E-state index in [1.54, 1.807) is 0 Å². The van der Waals surface area contributed by atoms with E-state index in [4.69, 9.17) is 4.74 Å². The van der Waals surface area contributed by atoms with Gasteiger partial charge in [0.05, 0.1) is 0 Å². The molecule has 9 aromatic carbocycles. The molecule has 54 heavy (non-hydrogen) atoms. The highest BCUT2D eigenvalue weighted by Crippen LogP contribution is 2.52. The fourth-order valence-electron chi connectivity index (χ4n) is 7.90. The highest BCUT2D eigenvalue weighted by Gasteiger charge is 2.26. The lowest BCUT2D eigenvalue weighted by Crippen LogP contribution is -2.10. The number of nitrogens with zero attached hydrogens (tertiary/aromatic N) is 1.